The van der Waals surface area contributed by atoms with E-state index >= 15 is 0 Å². The van der Waals surface area contributed by atoms with Crippen LogP contribution in [0.1, 0.15) is 58.6 Å². The van der Waals surface area contributed by atoms with Crippen LogP contribution in [0.3, 0.4) is 0 Å². The quantitative estimate of drug-likeness (QED) is 0.113. The average Bonchev–Trinajstić information content (AvgIpc) is 3.23. The molecule has 0 aliphatic heterocycles. The number of nitrogens with zero attached hydrogens (tertiary/aromatic N) is 1. The maximum atomic E-state index is 13.1. The first kappa shape index (κ1) is 29.8. The van der Waals surface area contributed by atoms with E-state index in [1.165, 1.54) is 7.07 Å². The molecule has 1 N–H and O–H groups in total. The third kappa shape index (κ3) is 8.13. The van der Waals surface area contributed by atoms with Crippen molar-refractivity contribution in [1.29, 1.82) is 0 Å². The van der Waals surface area contributed by atoms with E-state index in [9.17, 15) is 14.4 Å². The van der Waals surface area contributed by atoms with Crippen molar-refractivity contribution in [2.24, 2.45) is 4.67 Å². The molecule has 2 aromatic rings. The summed E-state index contributed by atoms with van der Waals surface area (Å²) in [4.78, 5) is 37.4. The van der Waals surface area contributed by atoms with Gasteiger partial charge in [-0.3, -0.25) is 4.79 Å². The van der Waals surface area contributed by atoms with E-state index in [0.29, 0.717) is 51.0 Å². The number of ketones is 1. The summed E-state index contributed by atoms with van der Waals surface area (Å²) in [7, 11) is 6.92. The molecule has 1 amide bonds. The molecule has 1 aliphatic rings. The number of carbonyl (C=O) groups is 3. The Morgan fingerprint density at radius 1 is 1.03 bits per heavy atom. The number of carbonyl (C=O) groups excluding carboxylic acids is 3. The first-order valence-corrected chi connectivity index (χ1v) is 13.4. The van der Waals surface area contributed by atoms with Crippen molar-refractivity contribution >= 4 is 34.1 Å². The van der Waals surface area contributed by atoms with Crippen LogP contribution in [0.25, 0.3) is 11.1 Å². The fraction of sp³-hybridized carbons (Fsp3) is 0.464. The van der Waals surface area contributed by atoms with Crippen molar-refractivity contribution in [1.82, 2.24) is 5.32 Å². The maximum absolute atomic E-state index is 13.1. The summed E-state index contributed by atoms with van der Waals surface area (Å²) in [6, 6.07) is 12.0. The molecule has 0 aromatic heterocycles. The van der Waals surface area contributed by atoms with Crippen LogP contribution >= 0.6 is 9.39 Å². The monoisotopic (exact) mass is 538 g/mol. The zero-order valence-corrected chi connectivity index (χ0v) is 23.3. The summed E-state index contributed by atoms with van der Waals surface area (Å²) in [5.41, 5.74) is 5.71. The molecule has 0 spiro atoms. The zero-order chi connectivity index (χ0) is 27.3. The van der Waals surface area contributed by atoms with Gasteiger partial charge in [0.05, 0.1) is 6.61 Å². The van der Waals surface area contributed by atoms with Gasteiger partial charge in [-0.15, -0.1) is 0 Å². The molecule has 0 saturated carbocycles. The van der Waals surface area contributed by atoms with Gasteiger partial charge in [0.2, 0.25) is 0 Å². The number of nitrogens with one attached hydrogen (secondary N) is 1. The Morgan fingerprint density at radius 2 is 1.84 bits per heavy atom. The Morgan fingerprint density at radius 3 is 2.61 bits per heavy atom. The second-order valence-corrected chi connectivity index (χ2v) is 9.48. The minimum atomic E-state index is -0.353. The van der Waals surface area contributed by atoms with E-state index in [0.717, 1.165) is 34.2 Å². The van der Waals surface area contributed by atoms with E-state index in [2.05, 4.69) is 37.6 Å². The number of fused-ring (bicyclic) bond motifs is 3. The van der Waals surface area contributed by atoms with Gasteiger partial charge in [-0.05, 0) is 0 Å². The molecular weight excluding hydrogens is 502 g/mol. The Balaban J connectivity index is 1.83. The van der Waals surface area contributed by atoms with E-state index in [-0.39, 0.29) is 36.5 Å². The SMILES string of the molecule is COCCCC(=O)c1cccc2c1-c1ccc(CCCC(=O)NCCOC)cc1C2COC(=O)CB=NP. The van der Waals surface area contributed by atoms with Gasteiger partial charge >= 0.3 is 180 Å². The summed E-state index contributed by atoms with van der Waals surface area (Å²) in [5, 5.41) is 2.84. The van der Waals surface area contributed by atoms with Gasteiger partial charge < -0.3 is 14.8 Å². The Bertz CT molecular complexity index is 1160. The van der Waals surface area contributed by atoms with Crippen molar-refractivity contribution < 1.29 is 28.6 Å². The first-order valence-electron chi connectivity index (χ1n) is 12.9. The number of aryl methyl sites for hydroxylation is 1. The zero-order valence-electron chi connectivity index (χ0n) is 22.2. The molecule has 202 valence electrons. The molecule has 2 unspecified atom stereocenters. The minimum absolute atomic E-state index is 0.00560. The summed E-state index contributed by atoms with van der Waals surface area (Å²) in [5.74, 6) is -0.455. The van der Waals surface area contributed by atoms with Crippen LogP contribution in [0.4, 0.5) is 0 Å². The topological polar surface area (TPSA) is 103 Å². The van der Waals surface area contributed by atoms with Crippen molar-refractivity contribution in [3.8, 4) is 11.1 Å². The number of amides is 1. The Kier molecular flexibility index (Phi) is 12.3. The number of hydrogen-bond donors (Lipinski definition) is 1. The van der Waals surface area contributed by atoms with Crippen LogP contribution in [0, 0.1) is 0 Å². The van der Waals surface area contributed by atoms with Crippen LogP contribution in [0.2, 0.25) is 6.32 Å². The van der Waals surface area contributed by atoms with Gasteiger partial charge in [-0.25, -0.2) is 0 Å². The van der Waals surface area contributed by atoms with E-state index in [4.69, 9.17) is 14.2 Å². The predicted molar refractivity (Wildman–Crippen MR) is 151 cm³/mol. The van der Waals surface area contributed by atoms with Crippen molar-refractivity contribution in [3.63, 3.8) is 0 Å². The van der Waals surface area contributed by atoms with E-state index in [1.54, 1.807) is 14.2 Å². The van der Waals surface area contributed by atoms with Crippen LogP contribution in [0.15, 0.2) is 41.1 Å². The van der Waals surface area contributed by atoms with Crippen molar-refractivity contribution in [3.05, 3.63) is 58.7 Å². The van der Waals surface area contributed by atoms with Crippen molar-refractivity contribution in [2.75, 3.05) is 40.6 Å². The van der Waals surface area contributed by atoms with Gasteiger partial charge in [0.1, 0.15) is 0 Å². The van der Waals surface area contributed by atoms with Crippen LogP contribution in [0.5, 0.6) is 0 Å². The van der Waals surface area contributed by atoms with Gasteiger partial charge in [-0.1, -0.05) is 0 Å². The number of methoxy groups -OCH3 is 2. The van der Waals surface area contributed by atoms with Crippen LogP contribution < -0.4 is 5.32 Å². The van der Waals surface area contributed by atoms with Crippen LogP contribution in [-0.4, -0.2) is 65.3 Å². The number of Topliss-reactive ketones (excluding diaryl/α,β-unsaturated/α-hetero) is 1. The fourth-order valence-electron chi connectivity index (χ4n) is 4.73. The second kappa shape index (κ2) is 15.6. The third-order valence-electron chi connectivity index (χ3n) is 6.56. The average molecular weight is 538 g/mol. The van der Waals surface area contributed by atoms with Gasteiger partial charge in [0.25, 0.3) is 0 Å². The molecule has 38 heavy (non-hydrogen) atoms. The van der Waals surface area contributed by atoms with E-state index < -0.39 is 0 Å². The second-order valence-electron chi connectivity index (χ2n) is 9.18. The molecule has 3 rings (SSSR count). The molecule has 1 aliphatic carbocycles. The number of ether oxygens (including phenoxy) is 3. The molecule has 0 heterocycles. The summed E-state index contributed by atoms with van der Waals surface area (Å²) < 4.78 is 19.5. The molecule has 2 aromatic carbocycles. The third-order valence-corrected chi connectivity index (χ3v) is 6.77. The van der Waals surface area contributed by atoms with E-state index in [1.807, 2.05) is 18.2 Å². The molecular formula is C28H36BN2O6P. The van der Waals surface area contributed by atoms with Crippen molar-refractivity contribution in [2.45, 2.75) is 44.3 Å². The molecule has 0 bridgehead atoms. The first-order chi connectivity index (χ1) is 18.5. The molecule has 10 heteroatoms. The van der Waals surface area contributed by atoms with Gasteiger partial charge in [-0.2, -0.15) is 0 Å². The fourth-order valence-corrected chi connectivity index (χ4v) is 4.84. The molecule has 0 fully saturated rings. The molecule has 0 saturated heterocycles. The Labute approximate surface area is 227 Å². The molecule has 0 radical (unpaired) electrons. The molecule has 2 atom stereocenters. The van der Waals surface area contributed by atoms with Crippen LogP contribution in [-0.2, 0) is 30.2 Å². The summed E-state index contributed by atoms with van der Waals surface area (Å²) in [6.07, 6.45) is 3.03. The Hall–Kier alpha value is -2.74. The number of esters is 1. The number of hydrogen-bond acceptors (Lipinski definition) is 7. The summed E-state index contributed by atoms with van der Waals surface area (Å²) >= 11 is 0. The normalized spacial score (nSPS) is 13.6. The summed E-state index contributed by atoms with van der Waals surface area (Å²) in [6.45, 7) is 1.70. The standard InChI is InChI=1S/C28H36BN2O6P/c1-35-14-5-9-25(32)22-8-4-7-20-24(18-37-27(34)17-29-31-38)23-16-19(11-12-21(23)28(20)22)6-3-10-26(33)30-13-15-36-2/h4,7-8,11-12,16,24H,3,5-6,9-10,13-15,17-18,38H2,1-2H3,(H,30,33). The molecule has 8 nitrogen and oxygen atoms in total. The number of rotatable bonds is 16. The predicted octanol–water partition coefficient (Wildman–Crippen LogP) is 4.13. The van der Waals surface area contributed by atoms with Gasteiger partial charge in [0, 0.05) is 20.8 Å². The van der Waals surface area contributed by atoms with Gasteiger partial charge in [0.15, 0.2) is 0 Å². The number of benzene rings is 2.